The predicted octanol–water partition coefficient (Wildman–Crippen LogP) is -0.843. The second-order valence-electron chi connectivity index (χ2n) is 1.72. The Hall–Kier alpha value is -1.62. The molecule has 0 saturated heterocycles. The van der Waals surface area contributed by atoms with Crippen molar-refractivity contribution in [2.75, 3.05) is 13.8 Å². The molecule has 0 saturated carbocycles. The fourth-order valence-corrected chi connectivity index (χ4v) is 0.252. The monoisotopic (exact) mass is 186 g/mol. The number of hydrogen-bond acceptors (Lipinski definition) is 3. The van der Waals surface area contributed by atoms with E-state index in [0.29, 0.717) is 0 Å². The maximum atomic E-state index is 10.0. The van der Waals surface area contributed by atoms with Crippen molar-refractivity contribution in [2.24, 2.45) is 0 Å². The van der Waals surface area contributed by atoms with E-state index in [1.807, 2.05) is 0 Å². The fourth-order valence-electron chi connectivity index (χ4n) is 0.252. The molecule has 0 radical (unpaired) electrons. The number of rotatable bonds is 3. The van der Waals surface area contributed by atoms with Gasteiger partial charge in [-0.2, -0.15) is 0 Å². The molecule has 5 nitrogen and oxygen atoms in total. The Morgan fingerprint density at radius 1 is 1.31 bits per heavy atom. The summed E-state index contributed by atoms with van der Waals surface area (Å²) in [6, 6.07) is 0. The third-order valence-electron chi connectivity index (χ3n) is 0.870. The van der Waals surface area contributed by atoms with Crippen LogP contribution in [0.2, 0.25) is 0 Å². The molecule has 0 rings (SSSR count). The van der Waals surface area contributed by atoms with E-state index in [0.717, 1.165) is 6.08 Å². The zero-order chi connectivity index (χ0) is 10.7. The van der Waals surface area contributed by atoms with Crippen LogP contribution in [0.3, 0.4) is 0 Å². The first kappa shape index (κ1) is 13.9. The molecule has 0 spiro atoms. The molecule has 2 amide bonds. The summed E-state index contributed by atoms with van der Waals surface area (Å²) in [6.45, 7) is 6.05. The predicted molar refractivity (Wildman–Crippen MR) is 49.7 cm³/mol. The molecule has 3 N–H and O–H groups in total. The summed E-state index contributed by atoms with van der Waals surface area (Å²) in [5, 5.41) is 12.4. The highest BCUT2D eigenvalue weighted by atomic mass is 16.3. The topological polar surface area (TPSA) is 78.4 Å². The van der Waals surface area contributed by atoms with Crippen molar-refractivity contribution >= 4 is 11.8 Å². The zero-order valence-corrected chi connectivity index (χ0v) is 7.54. The molecule has 0 atom stereocenters. The van der Waals surface area contributed by atoms with Crippen LogP contribution in [0, 0.1) is 0 Å². The van der Waals surface area contributed by atoms with Crippen molar-refractivity contribution < 1.29 is 14.7 Å². The summed E-state index contributed by atoms with van der Waals surface area (Å²) in [7, 11) is 1.56. The molecule has 0 aliphatic heterocycles. The molecule has 74 valence electrons. The van der Waals surface area contributed by atoms with E-state index in [4.69, 9.17) is 5.11 Å². The summed E-state index contributed by atoms with van der Waals surface area (Å²) in [6.07, 6.45) is 2.32. The van der Waals surface area contributed by atoms with Crippen LogP contribution in [-0.2, 0) is 9.59 Å². The lowest BCUT2D eigenvalue weighted by Gasteiger charge is -1.89. The van der Waals surface area contributed by atoms with E-state index in [-0.39, 0.29) is 18.5 Å². The normalized spacial score (nSPS) is 7.23. The second kappa shape index (κ2) is 10.4. The van der Waals surface area contributed by atoms with E-state index >= 15 is 0 Å². The maximum Gasteiger partial charge on any atom is 0.245 e. The molecule has 0 bridgehead atoms. The molecule has 0 aliphatic rings. The van der Waals surface area contributed by atoms with Gasteiger partial charge in [0.2, 0.25) is 11.8 Å². The third-order valence-corrected chi connectivity index (χ3v) is 0.870. The number of carbonyl (C=O) groups is 2. The first-order valence-electron chi connectivity index (χ1n) is 3.47. The van der Waals surface area contributed by atoms with E-state index in [2.05, 4.69) is 23.8 Å². The van der Waals surface area contributed by atoms with Gasteiger partial charge in [0, 0.05) is 7.05 Å². The smallest absolute Gasteiger partial charge is 0.245 e. The number of aliphatic hydroxyl groups is 1. The van der Waals surface area contributed by atoms with Crippen molar-refractivity contribution in [1.82, 2.24) is 10.6 Å². The molecular weight excluding hydrogens is 172 g/mol. The van der Waals surface area contributed by atoms with Crippen molar-refractivity contribution in [2.45, 2.75) is 0 Å². The fraction of sp³-hybridized carbons (Fsp3) is 0.250. The summed E-state index contributed by atoms with van der Waals surface area (Å²) in [4.78, 5) is 20.0. The Morgan fingerprint density at radius 2 is 1.77 bits per heavy atom. The first-order chi connectivity index (χ1) is 6.12. The number of hydrogen-bond donors (Lipinski definition) is 3. The summed E-state index contributed by atoms with van der Waals surface area (Å²) in [5.41, 5.74) is 0. The first-order valence-corrected chi connectivity index (χ1v) is 3.47. The highest BCUT2D eigenvalue weighted by Gasteiger charge is 1.84. The minimum atomic E-state index is -0.359. The molecule has 0 aliphatic carbocycles. The summed E-state index contributed by atoms with van der Waals surface area (Å²) >= 11 is 0. The molecule has 0 aromatic carbocycles. The molecule has 0 heterocycles. The van der Waals surface area contributed by atoms with Gasteiger partial charge < -0.3 is 15.7 Å². The zero-order valence-electron chi connectivity index (χ0n) is 7.54. The lowest BCUT2D eigenvalue weighted by Crippen LogP contribution is -2.20. The number of aliphatic hydroxyl groups excluding tert-OH is 1. The van der Waals surface area contributed by atoms with Gasteiger partial charge in [0.1, 0.15) is 6.73 Å². The lowest BCUT2D eigenvalue weighted by molar-refractivity contribution is -0.117. The van der Waals surface area contributed by atoms with Gasteiger partial charge in [0.05, 0.1) is 0 Å². The highest BCUT2D eigenvalue weighted by Crippen LogP contribution is 1.59. The van der Waals surface area contributed by atoms with Gasteiger partial charge in [0.25, 0.3) is 0 Å². The van der Waals surface area contributed by atoms with Gasteiger partial charge >= 0.3 is 0 Å². The van der Waals surface area contributed by atoms with Gasteiger partial charge in [0.15, 0.2) is 0 Å². The van der Waals surface area contributed by atoms with Gasteiger partial charge in [-0.25, -0.2) is 0 Å². The molecule has 5 heteroatoms. The second-order valence-corrected chi connectivity index (χ2v) is 1.72. The number of carbonyl (C=O) groups excluding carboxylic acids is 2. The van der Waals surface area contributed by atoms with Crippen molar-refractivity contribution in [3.05, 3.63) is 25.3 Å². The molecule has 13 heavy (non-hydrogen) atoms. The minimum Gasteiger partial charge on any atom is -0.376 e. The Bertz CT molecular complexity index is 190. The van der Waals surface area contributed by atoms with Gasteiger partial charge in [-0.3, -0.25) is 9.59 Å². The molecule has 0 unspecified atom stereocenters. The van der Waals surface area contributed by atoms with Crippen LogP contribution >= 0.6 is 0 Å². The van der Waals surface area contributed by atoms with Crippen LogP contribution in [-0.4, -0.2) is 30.7 Å². The van der Waals surface area contributed by atoms with Crippen LogP contribution in [0.1, 0.15) is 0 Å². The number of nitrogens with one attached hydrogen (secondary N) is 2. The van der Waals surface area contributed by atoms with Gasteiger partial charge in [-0.15, -0.1) is 0 Å². The summed E-state index contributed by atoms with van der Waals surface area (Å²) < 4.78 is 0. The van der Waals surface area contributed by atoms with Crippen molar-refractivity contribution in [1.29, 1.82) is 0 Å². The largest absolute Gasteiger partial charge is 0.376 e. The van der Waals surface area contributed by atoms with Crippen LogP contribution in [0.4, 0.5) is 0 Å². The Labute approximate surface area is 77.1 Å². The molecular formula is C8H14N2O3. The maximum absolute atomic E-state index is 10.0. The average molecular weight is 186 g/mol. The molecule has 0 aromatic heterocycles. The number of amides is 2. The van der Waals surface area contributed by atoms with Crippen molar-refractivity contribution in [3.8, 4) is 0 Å². The third kappa shape index (κ3) is 13.4. The van der Waals surface area contributed by atoms with Crippen LogP contribution < -0.4 is 10.6 Å². The van der Waals surface area contributed by atoms with E-state index < -0.39 is 0 Å². The number of likely N-dealkylation sites (N-methyl/N-ethyl adjacent to an activating group) is 1. The van der Waals surface area contributed by atoms with Crippen LogP contribution in [0.25, 0.3) is 0 Å². The van der Waals surface area contributed by atoms with Crippen LogP contribution in [0.5, 0.6) is 0 Å². The van der Waals surface area contributed by atoms with E-state index in [1.54, 1.807) is 7.05 Å². The highest BCUT2D eigenvalue weighted by molar-refractivity contribution is 5.86. The quantitative estimate of drug-likeness (QED) is 0.397. The molecule has 0 fully saturated rings. The Balaban J connectivity index is 0. The SMILES string of the molecule is C=CC(=O)NC.C=CC(=O)NCO. The van der Waals surface area contributed by atoms with Gasteiger partial charge in [-0.05, 0) is 12.2 Å². The van der Waals surface area contributed by atoms with Crippen LogP contribution in [0.15, 0.2) is 25.3 Å². The summed E-state index contributed by atoms with van der Waals surface area (Å²) in [5.74, 6) is -0.502. The van der Waals surface area contributed by atoms with Crippen molar-refractivity contribution in [3.63, 3.8) is 0 Å². The Morgan fingerprint density at radius 3 is 1.85 bits per heavy atom. The Kier molecular flexibility index (Phi) is 11.1. The molecule has 0 aromatic rings. The minimum absolute atomic E-state index is 0.144. The lowest BCUT2D eigenvalue weighted by atomic mass is 10.6. The van der Waals surface area contributed by atoms with E-state index in [9.17, 15) is 9.59 Å². The average Bonchev–Trinajstić information content (AvgIpc) is 2.18. The standard InChI is InChI=1S/C4H7NO2.C4H7NO/c1-2-4(7)5-3-6;1-3-4(6)5-2/h2,6H,1,3H2,(H,5,7);3H,1H2,2H3,(H,5,6). The van der Waals surface area contributed by atoms with E-state index in [1.165, 1.54) is 6.08 Å². The van der Waals surface area contributed by atoms with Gasteiger partial charge in [-0.1, -0.05) is 13.2 Å².